The van der Waals surface area contributed by atoms with Gasteiger partial charge in [0.2, 0.25) is 0 Å². The van der Waals surface area contributed by atoms with Crippen LogP contribution >= 0.6 is 0 Å². The smallest absolute Gasteiger partial charge is 0.123 e. The molecule has 0 bridgehead atoms. The van der Waals surface area contributed by atoms with Gasteiger partial charge in [0.15, 0.2) is 0 Å². The molecule has 1 aliphatic rings. The van der Waals surface area contributed by atoms with Gasteiger partial charge in [-0.25, -0.2) is 4.39 Å². The lowest BCUT2D eigenvalue weighted by molar-refractivity contribution is 0.389. The lowest BCUT2D eigenvalue weighted by Crippen LogP contribution is -2.30. The molecule has 100 valence electrons. The first-order valence-corrected chi connectivity index (χ1v) is 7.25. The van der Waals surface area contributed by atoms with Crippen molar-refractivity contribution < 1.29 is 4.39 Å². The highest BCUT2D eigenvalue weighted by Gasteiger charge is 2.19. The summed E-state index contributed by atoms with van der Waals surface area (Å²) in [7, 11) is 0. The van der Waals surface area contributed by atoms with Gasteiger partial charge in [0, 0.05) is 6.04 Å². The van der Waals surface area contributed by atoms with E-state index >= 15 is 0 Å². The molecular weight excluding hydrogens is 225 g/mol. The molecule has 1 saturated carbocycles. The van der Waals surface area contributed by atoms with Crippen LogP contribution < -0.4 is 5.32 Å². The van der Waals surface area contributed by atoms with Crippen molar-refractivity contribution in [1.29, 1.82) is 0 Å². The van der Waals surface area contributed by atoms with Crippen LogP contribution in [-0.4, -0.2) is 12.6 Å². The molecule has 0 heterocycles. The highest BCUT2D eigenvalue weighted by molar-refractivity contribution is 5.16. The normalized spacial score (nSPS) is 24.8. The second kappa shape index (κ2) is 6.89. The predicted octanol–water partition coefficient (Wildman–Crippen LogP) is 3.93. The number of nitrogens with one attached hydrogen (secondary N) is 1. The maximum absolute atomic E-state index is 12.9. The number of halogens is 1. The van der Waals surface area contributed by atoms with Gasteiger partial charge in [-0.1, -0.05) is 38.3 Å². The van der Waals surface area contributed by atoms with E-state index in [4.69, 9.17) is 0 Å². The SMILES string of the molecule is CCNC1CCCCC(Cc2ccc(F)cc2)C1. The summed E-state index contributed by atoms with van der Waals surface area (Å²) in [6.45, 7) is 3.24. The lowest BCUT2D eigenvalue weighted by atomic mass is 9.91. The molecule has 1 nitrogen and oxygen atoms in total. The fourth-order valence-corrected chi connectivity index (χ4v) is 3.08. The quantitative estimate of drug-likeness (QED) is 0.797. The van der Waals surface area contributed by atoms with Crippen LogP contribution in [0.2, 0.25) is 0 Å². The average Bonchev–Trinajstić information content (AvgIpc) is 2.58. The largest absolute Gasteiger partial charge is 0.314 e. The van der Waals surface area contributed by atoms with Crippen LogP contribution in [0.5, 0.6) is 0 Å². The van der Waals surface area contributed by atoms with Gasteiger partial charge in [-0.15, -0.1) is 0 Å². The first-order valence-electron chi connectivity index (χ1n) is 7.25. The summed E-state index contributed by atoms with van der Waals surface area (Å²) in [5.74, 6) is 0.618. The third-order valence-corrected chi connectivity index (χ3v) is 3.96. The van der Waals surface area contributed by atoms with Crippen molar-refractivity contribution in [1.82, 2.24) is 5.32 Å². The van der Waals surface area contributed by atoms with E-state index in [1.54, 1.807) is 12.1 Å². The van der Waals surface area contributed by atoms with Gasteiger partial charge < -0.3 is 5.32 Å². The van der Waals surface area contributed by atoms with E-state index in [0.717, 1.165) is 18.9 Å². The third kappa shape index (κ3) is 4.09. The summed E-state index contributed by atoms with van der Waals surface area (Å²) < 4.78 is 12.9. The fraction of sp³-hybridized carbons (Fsp3) is 0.625. The molecule has 0 saturated heterocycles. The lowest BCUT2D eigenvalue weighted by Gasteiger charge is -2.20. The maximum atomic E-state index is 12.9. The second-order valence-electron chi connectivity index (χ2n) is 5.47. The van der Waals surface area contributed by atoms with Gasteiger partial charge in [0.05, 0.1) is 0 Å². The Balaban J connectivity index is 1.92. The zero-order valence-corrected chi connectivity index (χ0v) is 11.3. The van der Waals surface area contributed by atoms with E-state index in [9.17, 15) is 4.39 Å². The minimum Gasteiger partial charge on any atom is -0.314 e. The van der Waals surface area contributed by atoms with Gasteiger partial charge in [-0.2, -0.15) is 0 Å². The Morgan fingerprint density at radius 3 is 2.61 bits per heavy atom. The van der Waals surface area contributed by atoms with Crippen molar-refractivity contribution in [2.24, 2.45) is 5.92 Å². The molecule has 1 aromatic rings. The summed E-state index contributed by atoms with van der Waals surface area (Å²) in [6.07, 6.45) is 7.69. The van der Waals surface area contributed by atoms with E-state index in [0.29, 0.717) is 6.04 Å². The van der Waals surface area contributed by atoms with E-state index in [2.05, 4.69) is 12.2 Å². The van der Waals surface area contributed by atoms with Gasteiger partial charge in [-0.05, 0) is 49.4 Å². The number of hydrogen-bond acceptors (Lipinski definition) is 1. The van der Waals surface area contributed by atoms with Gasteiger partial charge >= 0.3 is 0 Å². The number of hydrogen-bond donors (Lipinski definition) is 1. The summed E-state index contributed by atoms with van der Waals surface area (Å²) in [6, 6.07) is 7.70. The Labute approximate surface area is 110 Å². The molecule has 0 radical (unpaired) electrons. The molecule has 0 amide bonds. The molecule has 1 N–H and O–H groups in total. The molecule has 2 heteroatoms. The van der Waals surface area contributed by atoms with Crippen molar-refractivity contribution in [3.63, 3.8) is 0 Å². The van der Waals surface area contributed by atoms with Crippen LogP contribution in [0, 0.1) is 11.7 Å². The van der Waals surface area contributed by atoms with Crippen LogP contribution in [0.3, 0.4) is 0 Å². The molecule has 2 unspecified atom stereocenters. The number of rotatable bonds is 4. The molecular formula is C16H24FN. The van der Waals surface area contributed by atoms with E-state index in [1.807, 2.05) is 12.1 Å². The Morgan fingerprint density at radius 1 is 1.17 bits per heavy atom. The standard InChI is InChI=1S/C16H24FN/c1-2-18-16-6-4-3-5-14(12-16)11-13-7-9-15(17)10-8-13/h7-10,14,16,18H,2-6,11-12H2,1H3. The zero-order valence-electron chi connectivity index (χ0n) is 11.3. The van der Waals surface area contributed by atoms with Gasteiger partial charge in [-0.3, -0.25) is 0 Å². The van der Waals surface area contributed by atoms with Crippen molar-refractivity contribution in [3.8, 4) is 0 Å². The van der Waals surface area contributed by atoms with Crippen LogP contribution in [-0.2, 0) is 6.42 Å². The molecule has 1 fully saturated rings. The van der Waals surface area contributed by atoms with E-state index < -0.39 is 0 Å². The molecule has 2 rings (SSSR count). The summed E-state index contributed by atoms with van der Waals surface area (Å²) in [5, 5.41) is 3.59. The first kappa shape index (κ1) is 13.5. The molecule has 1 aliphatic carbocycles. The maximum Gasteiger partial charge on any atom is 0.123 e. The Hall–Kier alpha value is -0.890. The molecule has 1 aromatic carbocycles. The van der Waals surface area contributed by atoms with Crippen LogP contribution in [0.15, 0.2) is 24.3 Å². The van der Waals surface area contributed by atoms with Crippen LogP contribution in [0.1, 0.15) is 44.6 Å². The zero-order chi connectivity index (χ0) is 12.8. The van der Waals surface area contributed by atoms with Crippen molar-refractivity contribution in [2.45, 2.75) is 51.5 Å². The minimum atomic E-state index is -0.134. The van der Waals surface area contributed by atoms with Crippen molar-refractivity contribution in [2.75, 3.05) is 6.54 Å². The Kier molecular flexibility index (Phi) is 5.18. The Bertz CT molecular complexity index is 347. The third-order valence-electron chi connectivity index (χ3n) is 3.96. The summed E-state index contributed by atoms with van der Waals surface area (Å²) >= 11 is 0. The molecule has 0 spiro atoms. The molecule has 2 atom stereocenters. The average molecular weight is 249 g/mol. The monoisotopic (exact) mass is 249 g/mol. The summed E-state index contributed by atoms with van der Waals surface area (Å²) in [4.78, 5) is 0. The van der Waals surface area contributed by atoms with Crippen LogP contribution in [0.25, 0.3) is 0 Å². The highest BCUT2D eigenvalue weighted by atomic mass is 19.1. The predicted molar refractivity (Wildman–Crippen MR) is 74.1 cm³/mol. The Morgan fingerprint density at radius 2 is 1.89 bits per heavy atom. The fourth-order valence-electron chi connectivity index (χ4n) is 3.08. The van der Waals surface area contributed by atoms with Crippen molar-refractivity contribution in [3.05, 3.63) is 35.6 Å². The molecule has 0 aromatic heterocycles. The molecule has 0 aliphatic heterocycles. The molecule has 18 heavy (non-hydrogen) atoms. The van der Waals surface area contributed by atoms with E-state index in [-0.39, 0.29) is 5.82 Å². The number of benzene rings is 1. The van der Waals surface area contributed by atoms with Gasteiger partial charge in [0.1, 0.15) is 5.82 Å². The second-order valence-corrected chi connectivity index (χ2v) is 5.47. The minimum absolute atomic E-state index is 0.134. The van der Waals surface area contributed by atoms with E-state index in [1.165, 1.54) is 37.7 Å². The highest BCUT2D eigenvalue weighted by Crippen LogP contribution is 2.26. The first-order chi connectivity index (χ1) is 8.78. The topological polar surface area (TPSA) is 12.0 Å². The van der Waals surface area contributed by atoms with Gasteiger partial charge in [0.25, 0.3) is 0 Å². The summed E-state index contributed by atoms with van der Waals surface area (Å²) in [5.41, 5.74) is 1.28. The van der Waals surface area contributed by atoms with Crippen LogP contribution in [0.4, 0.5) is 4.39 Å². The van der Waals surface area contributed by atoms with Crippen molar-refractivity contribution >= 4 is 0 Å².